The van der Waals surface area contributed by atoms with Crippen LogP contribution in [0.4, 0.5) is 0 Å². The van der Waals surface area contributed by atoms with Crippen LogP contribution in [0.3, 0.4) is 0 Å². The van der Waals surface area contributed by atoms with E-state index in [1.54, 1.807) is 0 Å². The zero-order valence-electron chi connectivity index (χ0n) is 11.9. The van der Waals surface area contributed by atoms with E-state index < -0.39 is 0 Å². The van der Waals surface area contributed by atoms with E-state index in [-0.39, 0.29) is 0 Å². The van der Waals surface area contributed by atoms with Crippen LogP contribution in [0.1, 0.15) is 24.2 Å². The predicted octanol–water partition coefficient (Wildman–Crippen LogP) is 3.55. The first-order chi connectivity index (χ1) is 9.78. The third-order valence-corrected chi connectivity index (χ3v) is 4.27. The standard InChI is InChI=1S/C16H21ClN2O/c1-12-2-3-15-14(10-12)18-16(4-7-17)19(15)8-5-13-6-9-20-11-13/h2-3,10,13H,4-9,11H2,1H3. The summed E-state index contributed by atoms with van der Waals surface area (Å²) in [5.41, 5.74) is 3.58. The summed E-state index contributed by atoms with van der Waals surface area (Å²) in [7, 11) is 0. The summed E-state index contributed by atoms with van der Waals surface area (Å²) in [6.45, 7) is 4.95. The van der Waals surface area contributed by atoms with Crippen molar-refractivity contribution in [3.63, 3.8) is 0 Å². The molecule has 2 heterocycles. The number of imidazole rings is 1. The quantitative estimate of drug-likeness (QED) is 0.788. The molecule has 108 valence electrons. The minimum Gasteiger partial charge on any atom is -0.381 e. The van der Waals surface area contributed by atoms with Gasteiger partial charge in [-0.3, -0.25) is 0 Å². The third-order valence-electron chi connectivity index (χ3n) is 4.09. The molecule has 0 bridgehead atoms. The Morgan fingerprint density at radius 2 is 2.35 bits per heavy atom. The van der Waals surface area contributed by atoms with Gasteiger partial charge in [0, 0.05) is 32.1 Å². The van der Waals surface area contributed by atoms with Crippen molar-refractivity contribution in [3.8, 4) is 0 Å². The maximum atomic E-state index is 5.92. The number of rotatable bonds is 5. The van der Waals surface area contributed by atoms with E-state index in [1.807, 2.05) is 0 Å². The van der Waals surface area contributed by atoms with Crippen molar-refractivity contribution >= 4 is 22.6 Å². The molecule has 4 heteroatoms. The van der Waals surface area contributed by atoms with Crippen molar-refractivity contribution in [2.75, 3.05) is 19.1 Å². The highest BCUT2D eigenvalue weighted by Gasteiger charge is 2.17. The molecule has 1 aromatic carbocycles. The minimum atomic E-state index is 0.620. The molecule has 3 nitrogen and oxygen atoms in total. The lowest BCUT2D eigenvalue weighted by Gasteiger charge is -2.11. The molecule has 0 radical (unpaired) electrons. The summed E-state index contributed by atoms with van der Waals surface area (Å²) in [4.78, 5) is 4.76. The summed E-state index contributed by atoms with van der Waals surface area (Å²) in [6, 6.07) is 6.49. The molecule has 0 amide bonds. The van der Waals surface area contributed by atoms with Crippen LogP contribution in [-0.4, -0.2) is 28.6 Å². The second-order valence-electron chi connectivity index (χ2n) is 5.63. The number of aromatic nitrogens is 2. The molecule has 0 saturated carbocycles. The van der Waals surface area contributed by atoms with E-state index in [2.05, 4.69) is 29.7 Å². The Balaban J connectivity index is 1.87. The molecule has 3 rings (SSSR count). The van der Waals surface area contributed by atoms with Crippen LogP contribution in [0.25, 0.3) is 11.0 Å². The smallest absolute Gasteiger partial charge is 0.111 e. The van der Waals surface area contributed by atoms with Gasteiger partial charge < -0.3 is 9.30 Å². The molecular formula is C16H21ClN2O. The van der Waals surface area contributed by atoms with Gasteiger partial charge in [0.05, 0.1) is 11.0 Å². The van der Waals surface area contributed by atoms with Crippen molar-refractivity contribution in [2.45, 2.75) is 32.7 Å². The van der Waals surface area contributed by atoms with Gasteiger partial charge in [0.1, 0.15) is 5.82 Å². The molecule has 0 aliphatic carbocycles. The van der Waals surface area contributed by atoms with E-state index >= 15 is 0 Å². The SMILES string of the molecule is Cc1ccc2c(c1)nc(CCCl)n2CCC1CCOC1. The summed E-state index contributed by atoms with van der Waals surface area (Å²) < 4.78 is 7.80. The van der Waals surface area contributed by atoms with Gasteiger partial charge in [-0.25, -0.2) is 4.98 Å². The van der Waals surface area contributed by atoms with Gasteiger partial charge in [0.15, 0.2) is 0 Å². The monoisotopic (exact) mass is 292 g/mol. The van der Waals surface area contributed by atoms with Crippen molar-refractivity contribution in [2.24, 2.45) is 5.92 Å². The van der Waals surface area contributed by atoms with Gasteiger partial charge in [0.2, 0.25) is 0 Å². The number of aryl methyl sites for hydroxylation is 3. The summed E-state index contributed by atoms with van der Waals surface area (Å²) in [6.07, 6.45) is 3.18. The lowest BCUT2D eigenvalue weighted by Crippen LogP contribution is -2.09. The van der Waals surface area contributed by atoms with E-state index in [0.717, 1.165) is 43.9 Å². The van der Waals surface area contributed by atoms with Crippen molar-refractivity contribution in [1.82, 2.24) is 9.55 Å². The van der Waals surface area contributed by atoms with Crippen LogP contribution in [0.2, 0.25) is 0 Å². The van der Waals surface area contributed by atoms with Crippen LogP contribution in [-0.2, 0) is 17.7 Å². The van der Waals surface area contributed by atoms with Gasteiger partial charge in [0.25, 0.3) is 0 Å². The first kappa shape index (κ1) is 13.9. The maximum Gasteiger partial charge on any atom is 0.111 e. The molecule has 1 atom stereocenters. The Hall–Kier alpha value is -1.06. The molecule has 1 aliphatic rings. The van der Waals surface area contributed by atoms with Crippen molar-refractivity contribution in [1.29, 1.82) is 0 Å². The average Bonchev–Trinajstić information content (AvgIpc) is 3.04. The Kier molecular flexibility index (Phi) is 4.27. The van der Waals surface area contributed by atoms with E-state index in [4.69, 9.17) is 21.3 Å². The van der Waals surface area contributed by atoms with E-state index in [9.17, 15) is 0 Å². The second kappa shape index (κ2) is 6.15. The lowest BCUT2D eigenvalue weighted by atomic mass is 10.1. The third kappa shape index (κ3) is 2.84. The number of fused-ring (bicyclic) bond motifs is 1. The second-order valence-corrected chi connectivity index (χ2v) is 6.01. The Labute approximate surface area is 124 Å². The van der Waals surface area contributed by atoms with Crippen LogP contribution in [0.15, 0.2) is 18.2 Å². The normalized spacial score (nSPS) is 19.0. The molecule has 0 N–H and O–H groups in total. The fourth-order valence-corrected chi connectivity index (χ4v) is 3.11. The summed E-state index contributed by atoms with van der Waals surface area (Å²) in [5, 5.41) is 0. The largest absolute Gasteiger partial charge is 0.381 e. The maximum absolute atomic E-state index is 5.92. The zero-order valence-corrected chi connectivity index (χ0v) is 12.7. The average molecular weight is 293 g/mol. The minimum absolute atomic E-state index is 0.620. The van der Waals surface area contributed by atoms with Crippen molar-refractivity contribution < 1.29 is 4.74 Å². The molecule has 1 unspecified atom stereocenters. The van der Waals surface area contributed by atoms with E-state index in [1.165, 1.54) is 17.5 Å². The number of nitrogens with zero attached hydrogens (tertiary/aromatic N) is 2. The fourth-order valence-electron chi connectivity index (χ4n) is 2.94. The Morgan fingerprint density at radius 1 is 1.45 bits per heavy atom. The molecule has 1 aromatic heterocycles. The fraction of sp³-hybridized carbons (Fsp3) is 0.562. The van der Waals surface area contributed by atoms with Gasteiger partial charge in [-0.15, -0.1) is 11.6 Å². The van der Waals surface area contributed by atoms with Crippen LogP contribution in [0, 0.1) is 12.8 Å². The molecule has 0 spiro atoms. The summed E-state index contributed by atoms with van der Waals surface area (Å²) in [5.74, 6) is 2.43. The number of hydrogen-bond donors (Lipinski definition) is 0. The van der Waals surface area contributed by atoms with Gasteiger partial charge >= 0.3 is 0 Å². The molecule has 20 heavy (non-hydrogen) atoms. The number of hydrogen-bond acceptors (Lipinski definition) is 2. The molecule has 1 aliphatic heterocycles. The number of benzene rings is 1. The molecular weight excluding hydrogens is 272 g/mol. The molecule has 1 saturated heterocycles. The highest BCUT2D eigenvalue weighted by atomic mass is 35.5. The topological polar surface area (TPSA) is 27.1 Å². The number of alkyl halides is 1. The first-order valence-corrected chi connectivity index (χ1v) is 7.91. The van der Waals surface area contributed by atoms with Gasteiger partial charge in [-0.1, -0.05) is 6.07 Å². The Bertz CT molecular complexity index is 587. The Morgan fingerprint density at radius 3 is 3.10 bits per heavy atom. The summed E-state index contributed by atoms with van der Waals surface area (Å²) >= 11 is 5.92. The van der Waals surface area contributed by atoms with Crippen LogP contribution < -0.4 is 0 Å². The highest BCUT2D eigenvalue weighted by molar-refractivity contribution is 6.17. The molecule has 2 aromatic rings. The zero-order chi connectivity index (χ0) is 13.9. The van der Waals surface area contributed by atoms with E-state index in [0.29, 0.717) is 11.8 Å². The molecule has 1 fully saturated rings. The van der Waals surface area contributed by atoms with Crippen LogP contribution >= 0.6 is 11.6 Å². The number of halogens is 1. The van der Waals surface area contributed by atoms with Crippen LogP contribution in [0.5, 0.6) is 0 Å². The van der Waals surface area contributed by atoms with Gasteiger partial charge in [-0.05, 0) is 43.4 Å². The van der Waals surface area contributed by atoms with Gasteiger partial charge in [-0.2, -0.15) is 0 Å². The van der Waals surface area contributed by atoms with Crippen molar-refractivity contribution in [3.05, 3.63) is 29.6 Å². The lowest BCUT2D eigenvalue weighted by molar-refractivity contribution is 0.183. The first-order valence-electron chi connectivity index (χ1n) is 7.37. The number of ether oxygens (including phenoxy) is 1. The highest BCUT2D eigenvalue weighted by Crippen LogP contribution is 2.22. The predicted molar refractivity (Wildman–Crippen MR) is 82.4 cm³/mol.